The number of likely N-dealkylation sites (tertiary alicyclic amines) is 1. The number of nitrogens with two attached hydrogens (primary N) is 1. The Kier molecular flexibility index (Phi) is 7.00. The van der Waals surface area contributed by atoms with Crippen LogP contribution in [0, 0.1) is 0 Å². The van der Waals surface area contributed by atoms with Gasteiger partial charge in [0.1, 0.15) is 22.9 Å². The smallest absolute Gasteiger partial charge is 0.416 e. The zero-order valence-electron chi connectivity index (χ0n) is 20.2. The Morgan fingerprint density at radius 3 is 2.62 bits per heavy atom. The van der Waals surface area contributed by atoms with Crippen molar-refractivity contribution in [1.82, 2.24) is 14.9 Å². The lowest BCUT2D eigenvalue weighted by Crippen LogP contribution is -2.48. The predicted molar refractivity (Wildman–Crippen MR) is 138 cm³/mol. The number of halogens is 3. The fraction of sp³-hybridized carbons (Fsp3) is 0.391. The maximum atomic E-state index is 14.0. The number of carbonyl (C=O) groups excluding carboxylic acids is 1. The molecule has 5 rings (SSSR count). The molecule has 0 saturated carbocycles. The van der Waals surface area contributed by atoms with E-state index < -0.39 is 53.0 Å². The lowest BCUT2D eigenvalue weighted by atomic mass is 9.95. The van der Waals surface area contributed by atoms with Crippen molar-refractivity contribution in [2.45, 2.75) is 37.5 Å². The molecule has 11 nitrogen and oxygen atoms in total. The molecule has 3 aromatic rings. The van der Waals surface area contributed by atoms with Crippen molar-refractivity contribution in [3.63, 3.8) is 0 Å². The highest BCUT2D eigenvalue weighted by molar-refractivity contribution is 7.74. The van der Waals surface area contributed by atoms with Crippen molar-refractivity contribution in [1.29, 1.82) is 0 Å². The van der Waals surface area contributed by atoms with Crippen LogP contribution in [-0.2, 0) is 33.1 Å². The summed E-state index contributed by atoms with van der Waals surface area (Å²) in [6, 6.07) is 0.574. The highest BCUT2D eigenvalue weighted by Gasteiger charge is 2.44. The van der Waals surface area contributed by atoms with Gasteiger partial charge < -0.3 is 20.6 Å². The number of carboxylic acid groups (broad SMARTS) is 1. The standard InChI is InChI=1S/C23H23F3N6O5S2/c24-23(25,26)15-10-14-12(2-4-28-19(14)27)8-13(15)9-17(21(34)35)31-7-3-16(20(31)33)32(39(36)37)18-11-29-22(38-18)30-5-1-6-30/h2,4,8,10-11,16-17,39H,1,3,5-7,9H2,(H2,27,28)(H,34,35)/t16-,17+/m0/s1. The van der Waals surface area contributed by atoms with Gasteiger partial charge in [-0.2, -0.15) is 13.2 Å². The monoisotopic (exact) mass is 584 g/mol. The van der Waals surface area contributed by atoms with Crippen LogP contribution < -0.4 is 14.9 Å². The summed E-state index contributed by atoms with van der Waals surface area (Å²) in [6.45, 7) is 1.42. The molecule has 1 aromatic carbocycles. The fourth-order valence-corrected chi connectivity index (χ4v) is 6.76. The molecule has 2 aliphatic heterocycles. The first kappa shape index (κ1) is 26.9. The van der Waals surface area contributed by atoms with E-state index >= 15 is 0 Å². The van der Waals surface area contributed by atoms with Crippen LogP contribution in [0.1, 0.15) is 24.0 Å². The predicted octanol–water partition coefficient (Wildman–Crippen LogP) is 2.13. The quantitative estimate of drug-likeness (QED) is 0.339. The summed E-state index contributed by atoms with van der Waals surface area (Å²) in [5.41, 5.74) is 4.32. The van der Waals surface area contributed by atoms with Crippen molar-refractivity contribution in [3.8, 4) is 0 Å². The van der Waals surface area contributed by atoms with Crippen LogP contribution in [0.25, 0.3) is 10.8 Å². The number of rotatable bonds is 8. The molecule has 1 amide bonds. The lowest BCUT2D eigenvalue weighted by molar-refractivity contribution is -0.149. The van der Waals surface area contributed by atoms with Gasteiger partial charge in [-0.3, -0.25) is 4.79 Å². The van der Waals surface area contributed by atoms with Crippen molar-refractivity contribution in [2.75, 3.05) is 34.6 Å². The number of hydrogen-bond donors (Lipinski definition) is 3. The summed E-state index contributed by atoms with van der Waals surface area (Å²) in [4.78, 5) is 36.6. The highest BCUT2D eigenvalue weighted by Crippen LogP contribution is 2.38. The molecule has 2 saturated heterocycles. The van der Waals surface area contributed by atoms with Crippen LogP contribution in [0.4, 0.5) is 29.1 Å². The first-order valence-corrected chi connectivity index (χ1v) is 13.8. The summed E-state index contributed by atoms with van der Waals surface area (Å²) in [5.74, 6) is -2.42. The van der Waals surface area contributed by atoms with Crippen LogP contribution in [0.5, 0.6) is 0 Å². The number of hydrogen-bond acceptors (Lipinski definition) is 9. The average molecular weight is 585 g/mol. The molecule has 3 N–H and O–H groups in total. The second-order valence-electron chi connectivity index (χ2n) is 9.22. The molecule has 4 heterocycles. The van der Waals surface area contributed by atoms with E-state index in [1.165, 1.54) is 24.5 Å². The number of carboxylic acids is 1. The van der Waals surface area contributed by atoms with Crippen molar-refractivity contribution in [2.24, 2.45) is 0 Å². The molecule has 2 atom stereocenters. The third-order valence-corrected chi connectivity index (χ3v) is 8.95. The van der Waals surface area contributed by atoms with Crippen LogP contribution >= 0.6 is 11.3 Å². The van der Waals surface area contributed by atoms with Gasteiger partial charge in [0.25, 0.3) is 0 Å². The number of aliphatic carboxylic acids is 1. The van der Waals surface area contributed by atoms with Crippen LogP contribution in [-0.4, -0.2) is 72.0 Å². The largest absolute Gasteiger partial charge is 0.480 e. The molecule has 16 heteroatoms. The number of nitrogen functional groups attached to an aromatic ring is 1. The minimum Gasteiger partial charge on any atom is -0.480 e. The van der Waals surface area contributed by atoms with Crippen LogP contribution in [0.3, 0.4) is 0 Å². The summed E-state index contributed by atoms with van der Waals surface area (Å²) >= 11 is 1.10. The van der Waals surface area contributed by atoms with E-state index in [0.29, 0.717) is 10.5 Å². The molecule has 0 spiro atoms. The number of amides is 1. The minimum absolute atomic E-state index is 0.0328. The Bertz CT molecular complexity index is 1520. The van der Waals surface area contributed by atoms with Crippen LogP contribution in [0.2, 0.25) is 0 Å². The first-order valence-electron chi connectivity index (χ1n) is 11.9. The molecule has 0 aliphatic carbocycles. The SMILES string of the molecule is Nc1nccc2cc(C[C@H](C(=O)O)N3CC[C@H](N(c4cnc(N5CCC5)s4)[SH](=O)=O)C3=O)c(C(F)(F)F)cc12. The van der Waals surface area contributed by atoms with Gasteiger partial charge in [-0.25, -0.2) is 27.5 Å². The second kappa shape index (κ2) is 10.1. The average Bonchev–Trinajstić information content (AvgIpc) is 3.43. The number of alkyl halides is 3. The Morgan fingerprint density at radius 2 is 2.00 bits per heavy atom. The van der Waals surface area contributed by atoms with Crippen molar-refractivity contribution < 1.29 is 36.3 Å². The van der Waals surface area contributed by atoms with E-state index in [1.54, 1.807) is 0 Å². The van der Waals surface area contributed by atoms with E-state index in [1.807, 2.05) is 4.90 Å². The highest BCUT2D eigenvalue weighted by atomic mass is 32.2. The number of thiazole rings is 1. The number of benzene rings is 1. The second-order valence-corrected chi connectivity index (χ2v) is 11.1. The Labute approximate surface area is 225 Å². The van der Waals surface area contributed by atoms with Gasteiger partial charge >= 0.3 is 12.1 Å². The zero-order chi connectivity index (χ0) is 28.1. The van der Waals surface area contributed by atoms with E-state index in [-0.39, 0.29) is 34.7 Å². The van der Waals surface area contributed by atoms with Gasteiger partial charge in [0, 0.05) is 37.6 Å². The number of nitrogens with zero attached hydrogens (tertiary/aromatic N) is 5. The molecule has 0 unspecified atom stereocenters. The first-order chi connectivity index (χ1) is 18.5. The number of anilines is 3. The molecule has 0 radical (unpaired) electrons. The maximum Gasteiger partial charge on any atom is 0.416 e. The molecule has 2 aliphatic rings. The van der Waals surface area contributed by atoms with Gasteiger partial charge in [-0.15, -0.1) is 0 Å². The number of fused-ring (bicyclic) bond motifs is 1. The third kappa shape index (κ3) is 5.05. The molecule has 2 fully saturated rings. The number of aromatic nitrogens is 2. The molecule has 0 bridgehead atoms. The van der Waals surface area contributed by atoms with Crippen molar-refractivity contribution >= 4 is 60.8 Å². The van der Waals surface area contributed by atoms with Gasteiger partial charge in [0.2, 0.25) is 16.8 Å². The zero-order valence-corrected chi connectivity index (χ0v) is 21.9. The van der Waals surface area contributed by atoms with E-state index in [4.69, 9.17) is 5.73 Å². The molecule has 39 heavy (non-hydrogen) atoms. The van der Waals surface area contributed by atoms with Gasteiger partial charge in [-0.1, -0.05) is 17.4 Å². The fourth-order valence-electron chi connectivity index (χ4n) is 4.85. The van der Waals surface area contributed by atoms with Gasteiger partial charge in [0.15, 0.2) is 5.13 Å². The summed E-state index contributed by atoms with van der Waals surface area (Å²) < 4.78 is 67.2. The molecular formula is C23H23F3N6O5S2. The van der Waals surface area contributed by atoms with Crippen LogP contribution in [0.15, 0.2) is 30.6 Å². The van der Waals surface area contributed by atoms with Crippen molar-refractivity contribution in [3.05, 3.63) is 41.7 Å². The minimum atomic E-state index is -4.83. The Balaban J connectivity index is 1.45. The third-order valence-electron chi connectivity index (χ3n) is 6.92. The topological polar surface area (TPSA) is 150 Å². The summed E-state index contributed by atoms with van der Waals surface area (Å²) in [7, 11) is -3.29. The number of thiol groups is 1. The normalized spacial score (nSPS) is 18.6. The lowest BCUT2D eigenvalue weighted by Gasteiger charge is -2.30. The van der Waals surface area contributed by atoms with Gasteiger partial charge in [0.05, 0.1) is 11.8 Å². The van der Waals surface area contributed by atoms with Gasteiger partial charge in [-0.05, 0) is 35.9 Å². The van der Waals surface area contributed by atoms with E-state index in [0.717, 1.165) is 46.1 Å². The maximum absolute atomic E-state index is 14.0. The Hall–Kier alpha value is -3.66. The van der Waals surface area contributed by atoms with E-state index in [2.05, 4.69) is 9.97 Å². The Morgan fingerprint density at radius 1 is 1.26 bits per heavy atom. The summed E-state index contributed by atoms with van der Waals surface area (Å²) in [6.07, 6.45) is -1.86. The molecule has 2 aromatic heterocycles. The molecule has 208 valence electrons. The summed E-state index contributed by atoms with van der Waals surface area (Å²) in [5, 5.41) is 11.2. The molecular weight excluding hydrogens is 561 g/mol. The number of pyridine rings is 1. The number of carbonyl (C=O) groups is 2. The van der Waals surface area contributed by atoms with E-state index in [9.17, 15) is 36.3 Å².